The molecule has 0 atom stereocenters. The van der Waals surface area contributed by atoms with Crippen molar-refractivity contribution in [3.05, 3.63) is 40.2 Å². The van der Waals surface area contributed by atoms with Crippen LogP contribution in [-0.2, 0) is 5.88 Å². The Morgan fingerprint density at radius 3 is 2.93 bits per heavy atom. The lowest BCUT2D eigenvalue weighted by Crippen LogP contribution is -2.00. The van der Waals surface area contributed by atoms with Crippen molar-refractivity contribution in [2.24, 2.45) is 0 Å². The maximum atomic E-state index is 11.3. The van der Waals surface area contributed by atoms with Gasteiger partial charge in [0.1, 0.15) is 0 Å². The molecule has 0 aliphatic heterocycles. The molecule has 2 rings (SSSR count). The Bertz CT molecular complexity index is 545. The maximum absolute atomic E-state index is 11.3. The topological polar surface area (TPSA) is 39.4 Å². The molecule has 1 heterocycles. The van der Waals surface area contributed by atoms with Crippen LogP contribution in [0.5, 0.6) is 5.75 Å². The fourth-order valence-corrected chi connectivity index (χ4v) is 1.72. The Labute approximate surface area is 91.2 Å². The Hall–Kier alpha value is -1.48. The third-order valence-electron chi connectivity index (χ3n) is 2.18. The number of halogens is 1. The minimum Gasteiger partial charge on any atom is -0.493 e. The van der Waals surface area contributed by atoms with Gasteiger partial charge in [0, 0.05) is 17.3 Å². The second-order valence-electron chi connectivity index (χ2n) is 3.06. The van der Waals surface area contributed by atoms with E-state index >= 15 is 0 Å². The van der Waals surface area contributed by atoms with Crippen LogP contribution in [0.25, 0.3) is 11.0 Å². The second kappa shape index (κ2) is 3.95. The van der Waals surface area contributed by atoms with E-state index < -0.39 is 5.63 Å². The molecule has 78 valence electrons. The van der Waals surface area contributed by atoms with Gasteiger partial charge in [-0.15, -0.1) is 11.6 Å². The van der Waals surface area contributed by atoms with E-state index in [-0.39, 0.29) is 5.88 Å². The number of benzene rings is 1. The van der Waals surface area contributed by atoms with E-state index in [0.29, 0.717) is 11.3 Å². The number of rotatable bonds is 2. The molecule has 0 N–H and O–H groups in total. The predicted octanol–water partition coefficient (Wildman–Crippen LogP) is 2.54. The van der Waals surface area contributed by atoms with Gasteiger partial charge in [0.2, 0.25) is 0 Å². The van der Waals surface area contributed by atoms with E-state index in [9.17, 15) is 4.79 Å². The second-order valence-corrected chi connectivity index (χ2v) is 3.33. The third kappa shape index (κ3) is 1.70. The molecule has 15 heavy (non-hydrogen) atoms. The van der Waals surface area contributed by atoms with Gasteiger partial charge < -0.3 is 9.15 Å². The van der Waals surface area contributed by atoms with Crippen molar-refractivity contribution >= 4 is 22.6 Å². The molecule has 4 heteroatoms. The van der Waals surface area contributed by atoms with Crippen LogP contribution in [0.2, 0.25) is 0 Å². The summed E-state index contributed by atoms with van der Waals surface area (Å²) in [6, 6.07) is 6.81. The monoisotopic (exact) mass is 224 g/mol. The lowest BCUT2D eigenvalue weighted by atomic mass is 10.1. The molecule has 0 spiro atoms. The summed E-state index contributed by atoms with van der Waals surface area (Å²) in [5, 5.41) is 0.809. The molecular formula is C11H9ClO3. The minimum absolute atomic E-state index is 0.273. The number of methoxy groups -OCH3 is 1. The van der Waals surface area contributed by atoms with E-state index in [4.69, 9.17) is 20.8 Å². The Morgan fingerprint density at radius 1 is 1.47 bits per heavy atom. The summed E-state index contributed by atoms with van der Waals surface area (Å²) in [5.41, 5.74) is 0.785. The van der Waals surface area contributed by atoms with Gasteiger partial charge in [-0.1, -0.05) is 12.1 Å². The molecule has 1 aromatic carbocycles. The van der Waals surface area contributed by atoms with Gasteiger partial charge in [0.05, 0.1) is 7.11 Å². The van der Waals surface area contributed by atoms with Gasteiger partial charge in [-0.05, 0) is 11.6 Å². The summed E-state index contributed by atoms with van der Waals surface area (Å²) in [6.45, 7) is 0. The van der Waals surface area contributed by atoms with Gasteiger partial charge in [0.15, 0.2) is 11.3 Å². The number of hydrogen-bond acceptors (Lipinski definition) is 3. The van der Waals surface area contributed by atoms with E-state index in [1.54, 1.807) is 6.07 Å². The van der Waals surface area contributed by atoms with E-state index in [1.807, 2.05) is 12.1 Å². The summed E-state index contributed by atoms with van der Waals surface area (Å²) >= 11 is 5.75. The van der Waals surface area contributed by atoms with Crippen molar-refractivity contribution in [2.45, 2.75) is 5.88 Å². The fraction of sp³-hybridized carbons (Fsp3) is 0.182. The van der Waals surface area contributed by atoms with Crippen molar-refractivity contribution in [1.82, 2.24) is 0 Å². The van der Waals surface area contributed by atoms with Crippen molar-refractivity contribution in [3.63, 3.8) is 0 Å². The van der Waals surface area contributed by atoms with Crippen molar-refractivity contribution in [1.29, 1.82) is 0 Å². The van der Waals surface area contributed by atoms with Gasteiger partial charge in [-0.25, -0.2) is 4.79 Å². The molecule has 0 fully saturated rings. The summed E-state index contributed by atoms with van der Waals surface area (Å²) in [7, 11) is 1.53. The van der Waals surface area contributed by atoms with E-state index in [2.05, 4.69) is 0 Å². The fourth-order valence-electron chi connectivity index (χ4n) is 1.50. The van der Waals surface area contributed by atoms with Crippen LogP contribution in [0.15, 0.2) is 33.5 Å². The average molecular weight is 225 g/mol. The summed E-state index contributed by atoms with van der Waals surface area (Å²) in [5.74, 6) is 0.812. The number of hydrogen-bond donors (Lipinski definition) is 0. The zero-order valence-electron chi connectivity index (χ0n) is 8.12. The standard InChI is InChI=1S/C11H9ClO3/c1-14-9-4-2-3-8-7(6-12)5-10(13)15-11(8)9/h2-5H,6H2,1H3. The first-order valence-electron chi connectivity index (χ1n) is 4.42. The highest BCUT2D eigenvalue weighted by Crippen LogP contribution is 2.26. The van der Waals surface area contributed by atoms with Crippen LogP contribution >= 0.6 is 11.6 Å². The predicted molar refractivity (Wildman–Crippen MR) is 58.6 cm³/mol. The van der Waals surface area contributed by atoms with Crippen LogP contribution < -0.4 is 10.4 Å². The van der Waals surface area contributed by atoms with E-state index in [0.717, 1.165) is 10.9 Å². The van der Waals surface area contributed by atoms with Gasteiger partial charge in [-0.2, -0.15) is 0 Å². The average Bonchev–Trinajstić information content (AvgIpc) is 2.27. The number of para-hydroxylation sites is 1. The van der Waals surface area contributed by atoms with E-state index in [1.165, 1.54) is 13.2 Å². The molecule has 0 saturated heterocycles. The van der Waals surface area contributed by atoms with Gasteiger partial charge >= 0.3 is 5.63 Å². The van der Waals surface area contributed by atoms with Gasteiger partial charge in [0.25, 0.3) is 0 Å². The van der Waals surface area contributed by atoms with Gasteiger partial charge in [-0.3, -0.25) is 0 Å². The first-order valence-corrected chi connectivity index (χ1v) is 4.95. The highest BCUT2D eigenvalue weighted by molar-refractivity contribution is 6.18. The minimum atomic E-state index is -0.414. The number of alkyl halides is 1. The maximum Gasteiger partial charge on any atom is 0.336 e. The molecular weight excluding hydrogens is 216 g/mol. The van der Waals surface area contributed by atoms with Crippen LogP contribution in [-0.4, -0.2) is 7.11 Å². The van der Waals surface area contributed by atoms with Crippen molar-refractivity contribution < 1.29 is 9.15 Å². The van der Waals surface area contributed by atoms with Crippen LogP contribution in [0.4, 0.5) is 0 Å². The molecule has 0 radical (unpaired) electrons. The molecule has 0 aliphatic rings. The molecule has 0 aliphatic carbocycles. The molecule has 0 unspecified atom stereocenters. The molecule has 3 nitrogen and oxygen atoms in total. The lowest BCUT2D eigenvalue weighted by Gasteiger charge is -2.05. The highest BCUT2D eigenvalue weighted by Gasteiger charge is 2.08. The van der Waals surface area contributed by atoms with Crippen LogP contribution in [0.1, 0.15) is 5.56 Å². The van der Waals surface area contributed by atoms with Crippen molar-refractivity contribution in [2.75, 3.05) is 7.11 Å². The summed E-state index contributed by atoms with van der Waals surface area (Å²) in [6.07, 6.45) is 0. The number of ether oxygens (including phenoxy) is 1. The zero-order valence-corrected chi connectivity index (χ0v) is 8.88. The Morgan fingerprint density at radius 2 is 2.27 bits per heavy atom. The summed E-state index contributed by atoms with van der Waals surface area (Å²) < 4.78 is 10.2. The molecule has 0 amide bonds. The molecule has 1 aromatic heterocycles. The van der Waals surface area contributed by atoms with Crippen LogP contribution in [0.3, 0.4) is 0 Å². The number of fused-ring (bicyclic) bond motifs is 1. The highest BCUT2D eigenvalue weighted by atomic mass is 35.5. The Balaban J connectivity index is 2.88. The first-order chi connectivity index (χ1) is 7.26. The normalized spacial score (nSPS) is 10.5. The summed E-state index contributed by atoms with van der Waals surface area (Å²) in [4.78, 5) is 11.3. The quantitative estimate of drug-likeness (QED) is 0.581. The smallest absolute Gasteiger partial charge is 0.336 e. The molecule has 2 aromatic rings. The Kier molecular flexibility index (Phi) is 2.64. The largest absolute Gasteiger partial charge is 0.493 e. The molecule has 0 bridgehead atoms. The molecule has 0 saturated carbocycles. The third-order valence-corrected chi connectivity index (χ3v) is 2.47. The first kappa shape index (κ1) is 10.1. The van der Waals surface area contributed by atoms with Crippen LogP contribution in [0, 0.1) is 0 Å². The zero-order chi connectivity index (χ0) is 10.8. The van der Waals surface area contributed by atoms with Crippen molar-refractivity contribution in [3.8, 4) is 5.75 Å². The lowest BCUT2D eigenvalue weighted by molar-refractivity contribution is 0.406. The SMILES string of the molecule is COc1cccc2c(CCl)cc(=O)oc12.